The number of aromatic nitrogens is 2. The molecule has 0 atom stereocenters. The number of thiocarbonyl (C=S) groups is 1. The van der Waals surface area contributed by atoms with Crippen molar-refractivity contribution in [3.63, 3.8) is 0 Å². The molecule has 0 aliphatic carbocycles. The van der Waals surface area contributed by atoms with Gasteiger partial charge in [-0.1, -0.05) is 37.0 Å². The van der Waals surface area contributed by atoms with Gasteiger partial charge in [-0.3, -0.25) is 18.9 Å². The van der Waals surface area contributed by atoms with Gasteiger partial charge >= 0.3 is 0 Å². The van der Waals surface area contributed by atoms with Crippen LogP contribution in [0.1, 0.15) is 25.0 Å². The Kier molecular flexibility index (Phi) is 5.95. The van der Waals surface area contributed by atoms with Crippen LogP contribution in [0.15, 0.2) is 28.0 Å². The first-order valence-electron chi connectivity index (χ1n) is 10.2. The van der Waals surface area contributed by atoms with Crippen molar-refractivity contribution in [1.82, 2.24) is 19.2 Å². The first-order chi connectivity index (χ1) is 14.4. The third kappa shape index (κ3) is 3.66. The minimum absolute atomic E-state index is 0.150. The number of thioether (sulfide) groups is 1. The standard InChI is InChI=1S/C21H25N5O2S2/c1-4-23-9-11-24(12-10-23)18-15(13-16-20(28)25(5-2)21(29)30-16)19(27)26-8-6-7-14(3)17(26)22-18/h6-8,13H,4-5,9-12H2,1-3H3/b16-13-. The monoisotopic (exact) mass is 443 g/mol. The number of rotatable bonds is 4. The van der Waals surface area contributed by atoms with Gasteiger partial charge in [0.25, 0.3) is 11.5 Å². The number of amides is 1. The van der Waals surface area contributed by atoms with Crippen LogP contribution in [0.4, 0.5) is 5.82 Å². The number of likely N-dealkylation sites (N-methyl/N-ethyl adjacent to an activating group) is 2. The van der Waals surface area contributed by atoms with E-state index in [1.54, 1.807) is 21.6 Å². The predicted octanol–water partition coefficient (Wildman–Crippen LogP) is 2.37. The molecule has 1 amide bonds. The van der Waals surface area contributed by atoms with Gasteiger partial charge in [-0.15, -0.1) is 0 Å². The molecule has 9 heteroatoms. The molecule has 7 nitrogen and oxygen atoms in total. The van der Waals surface area contributed by atoms with E-state index < -0.39 is 0 Å². The molecular weight excluding hydrogens is 418 g/mol. The van der Waals surface area contributed by atoms with Crippen molar-refractivity contribution in [1.29, 1.82) is 0 Å². The maximum Gasteiger partial charge on any atom is 0.267 e. The lowest BCUT2D eigenvalue weighted by molar-refractivity contribution is -0.121. The Morgan fingerprint density at radius 2 is 1.90 bits per heavy atom. The first-order valence-corrected chi connectivity index (χ1v) is 11.4. The number of fused-ring (bicyclic) bond motifs is 1. The Balaban J connectivity index is 1.86. The van der Waals surface area contributed by atoms with Crippen LogP contribution in [-0.2, 0) is 4.79 Å². The van der Waals surface area contributed by atoms with Gasteiger partial charge in [0.05, 0.1) is 10.5 Å². The van der Waals surface area contributed by atoms with Crippen LogP contribution in [-0.4, -0.2) is 68.7 Å². The van der Waals surface area contributed by atoms with E-state index in [1.165, 1.54) is 11.8 Å². The van der Waals surface area contributed by atoms with Gasteiger partial charge in [0.15, 0.2) is 0 Å². The fraction of sp³-hybridized carbons (Fsp3) is 0.429. The van der Waals surface area contributed by atoms with Crippen molar-refractivity contribution in [2.45, 2.75) is 20.8 Å². The average Bonchev–Trinajstić information content (AvgIpc) is 3.02. The van der Waals surface area contributed by atoms with Crippen molar-refractivity contribution in [3.8, 4) is 0 Å². The summed E-state index contributed by atoms with van der Waals surface area (Å²) in [5.41, 5.74) is 1.86. The molecule has 2 aliphatic rings. The highest BCUT2D eigenvalue weighted by Crippen LogP contribution is 2.33. The molecule has 4 heterocycles. The van der Waals surface area contributed by atoms with Gasteiger partial charge in [-0.25, -0.2) is 4.98 Å². The highest BCUT2D eigenvalue weighted by atomic mass is 32.2. The SMILES string of the molecule is CCN1CCN(c2nc3c(C)cccn3c(=O)c2/C=C2\SC(=S)N(CC)C2=O)CC1. The minimum Gasteiger partial charge on any atom is -0.353 e. The number of aryl methyl sites for hydroxylation is 1. The van der Waals surface area contributed by atoms with Gasteiger partial charge < -0.3 is 9.80 Å². The first kappa shape index (κ1) is 21.0. The number of carbonyl (C=O) groups excluding carboxylic acids is 1. The Morgan fingerprint density at radius 1 is 1.17 bits per heavy atom. The van der Waals surface area contributed by atoms with E-state index in [2.05, 4.69) is 16.7 Å². The molecule has 0 bridgehead atoms. The van der Waals surface area contributed by atoms with E-state index in [4.69, 9.17) is 17.2 Å². The van der Waals surface area contributed by atoms with Crippen LogP contribution < -0.4 is 10.5 Å². The van der Waals surface area contributed by atoms with Crippen molar-refractivity contribution >= 4 is 51.7 Å². The summed E-state index contributed by atoms with van der Waals surface area (Å²) in [5, 5.41) is 0. The molecule has 2 saturated heterocycles. The Morgan fingerprint density at radius 3 is 2.53 bits per heavy atom. The fourth-order valence-electron chi connectivity index (χ4n) is 3.85. The fourth-order valence-corrected chi connectivity index (χ4v) is 5.21. The molecule has 4 rings (SSSR count). The van der Waals surface area contributed by atoms with E-state index in [-0.39, 0.29) is 11.5 Å². The second kappa shape index (κ2) is 8.49. The van der Waals surface area contributed by atoms with E-state index >= 15 is 0 Å². The summed E-state index contributed by atoms with van der Waals surface area (Å²) in [7, 11) is 0. The predicted molar refractivity (Wildman–Crippen MR) is 126 cm³/mol. The van der Waals surface area contributed by atoms with Crippen molar-refractivity contribution < 1.29 is 4.79 Å². The number of anilines is 1. The zero-order valence-electron chi connectivity index (χ0n) is 17.4. The lowest BCUT2D eigenvalue weighted by Gasteiger charge is -2.35. The van der Waals surface area contributed by atoms with Gasteiger partial charge in [0.2, 0.25) is 0 Å². The quantitative estimate of drug-likeness (QED) is 0.531. The van der Waals surface area contributed by atoms with Gasteiger partial charge in [0.1, 0.15) is 15.8 Å². The zero-order chi connectivity index (χ0) is 21.4. The van der Waals surface area contributed by atoms with E-state index in [0.717, 1.165) is 38.3 Å². The molecule has 2 aromatic heterocycles. The third-order valence-corrected chi connectivity index (χ3v) is 7.03. The Bertz CT molecular complexity index is 1100. The lowest BCUT2D eigenvalue weighted by Crippen LogP contribution is -2.47. The number of hydrogen-bond acceptors (Lipinski definition) is 7. The summed E-state index contributed by atoms with van der Waals surface area (Å²) in [6.07, 6.45) is 3.41. The van der Waals surface area contributed by atoms with Crippen LogP contribution in [0.25, 0.3) is 11.7 Å². The number of carbonyl (C=O) groups is 1. The summed E-state index contributed by atoms with van der Waals surface area (Å²) >= 11 is 6.58. The molecule has 2 fully saturated rings. The Labute approximate surface area is 185 Å². The molecule has 0 spiro atoms. The van der Waals surface area contributed by atoms with Gasteiger partial charge in [0, 0.05) is 38.9 Å². The summed E-state index contributed by atoms with van der Waals surface area (Å²) < 4.78 is 2.09. The molecule has 0 aromatic carbocycles. The van der Waals surface area contributed by atoms with Crippen LogP contribution in [0.5, 0.6) is 0 Å². The van der Waals surface area contributed by atoms with Crippen molar-refractivity contribution in [2.75, 3.05) is 44.2 Å². The average molecular weight is 444 g/mol. The highest BCUT2D eigenvalue weighted by Gasteiger charge is 2.32. The normalized spacial score (nSPS) is 19.5. The summed E-state index contributed by atoms with van der Waals surface area (Å²) in [6.45, 7) is 10.9. The molecule has 2 aliphatic heterocycles. The maximum absolute atomic E-state index is 13.5. The summed E-state index contributed by atoms with van der Waals surface area (Å²) in [4.78, 5) is 37.7. The number of piperazine rings is 1. The van der Waals surface area contributed by atoms with Crippen LogP contribution >= 0.6 is 24.0 Å². The smallest absolute Gasteiger partial charge is 0.267 e. The lowest BCUT2D eigenvalue weighted by atomic mass is 10.2. The van der Waals surface area contributed by atoms with E-state index in [1.807, 2.05) is 26.0 Å². The van der Waals surface area contributed by atoms with Crippen LogP contribution in [0.2, 0.25) is 0 Å². The van der Waals surface area contributed by atoms with Crippen molar-refractivity contribution in [3.05, 3.63) is 44.7 Å². The van der Waals surface area contributed by atoms with Gasteiger partial charge in [-0.2, -0.15) is 0 Å². The molecule has 0 unspecified atom stereocenters. The molecule has 158 valence electrons. The summed E-state index contributed by atoms with van der Waals surface area (Å²) in [5.74, 6) is 0.495. The zero-order valence-corrected chi connectivity index (χ0v) is 19.1. The van der Waals surface area contributed by atoms with Gasteiger partial charge in [-0.05, 0) is 38.1 Å². The second-order valence-corrected chi connectivity index (χ2v) is 9.06. The number of pyridine rings is 1. The molecule has 2 aromatic rings. The largest absolute Gasteiger partial charge is 0.353 e. The highest BCUT2D eigenvalue weighted by molar-refractivity contribution is 8.26. The topological polar surface area (TPSA) is 61.2 Å². The second-order valence-electron chi connectivity index (χ2n) is 7.39. The maximum atomic E-state index is 13.5. The minimum atomic E-state index is -0.168. The Hall–Kier alpha value is -2.23. The molecule has 0 radical (unpaired) electrons. The van der Waals surface area contributed by atoms with E-state index in [9.17, 15) is 9.59 Å². The number of hydrogen-bond donors (Lipinski definition) is 0. The summed E-state index contributed by atoms with van der Waals surface area (Å²) in [6, 6.07) is 3.79. The third-order valence-electron chi connectivity index (χ3n) is 5.65. The molecule has 0 N–H and O–H groups in total. The molecular formula is C21H25N5O2S2. The van der Waals surface area contributed by atoms with Crippen molar-refractivity contribution in [2.24, 2.45) is 0 Å². The molecule has 0 saturated carbocycles. The number of nitrogens with zero attached hydrogens (tertiary/aromatic N) is 5. The van der Waals surface area contributed by atoms with Crippen LogP contribution in [0.3, 0.4) is 0 Å². The van der Waals surface area contributed by atoms with Crippen LogP contribution in [0, 0.1) is 6.92 Å². The van der Waals surface area contributed by atoms with E-state index in [0.29, 0.717) is 32.8 Å². The molecule has 30 heavy (non-hydrogen) atoms.